The maximum Gasteiger partial charge on any atom is 0.170 e. The highest BCUT2D eigenvalue weighted by atomic mass is 35.5. The molecule has 19 heavy (non-hydrogen) atoms. The Bertz CT molecular complexity index is 546. The Morgan fingerprint density at radius 3 is 2.74 bits per heavy atom. The quantitative estimate of drug-likeness (QED) is 0.816. The normalized spacial score (nSPS) is 12.8. The third kappa shape index (κ3) is 7.34. The van der Waals surface area contributed by atoms with Crippen LogP contribution in [0.1, 0.15) is 13.3 Å². The Kier molecular flexibility index (Phi) is 6.03. The van der Waals surface area contributed by atoms with Crippen molar-refractivity contribution in [2.45, 2.75) is 19.4 Å². The molecule has 0 heterocycles. The van der Waals surface area contributed by atoms with Crippen LogP contribution in [0.15, 0.2) is 24.3 Å². The van der Waals surface area contributed by atoms with Gasteiger partial charge in [0.05, 0.1) is 5.75 Å². The number of benzene rings is 1. The molecule has 0 fully saturated rings. The molecule has 0 aliphatic carbocycles. The van der Waals surface area contributed by atoms with E-state index in [0.717, 1.165) is 5.69 Å². The summed E-state index contributed by atoms with van der Waals surface area (Å²) in [4.78, 5) is 0. The number of hydrogen-bond donors (Lipinski definition) is 2. The molecule has 2 N–H and O–H groups in total. The van der Waals surface area contributed by atoms with Crippen molar-refractivity contribution in [2.24, 2.45) is 0 Å². The minimum absolute atomic E-state index is 0.0195. The lowest BCUT2D eigenvalue weighted by Crippen LogP contribution is -2.36. The highest BCUT2D eigenvalue weighted by Crippen LogP contribution is 2.14. The van der Waals surface area contributed by atoms with Crippen LogP contribution in [0.5, 0.6) is 0 Å². The second-order valence-corrected chi connectivity index (χ2v) is 7.53. The zero-order valence-electron chi connectivity index (χ0n) is 10.8. The number of nitrogens with one attached hydrogen (secondary N) is 2. The number of sulfone groups is 1. The number of hydrogen-bond acceptors (Lipinski definition) is 3. The fourth-order valence-corrected chi connectivity index (χ4v) is 2.71. The van der Waals surface area contributed by atoms with Crippen molar-refractivity contribution in [1.29, 1.82) is 0 Å². The summed E-state index contributed by atoms with van der Waals surface area (Å²) in [6.07, 6.45) is 1.73. The van der Waals surface area contributed by atoms with Crippen molar-refractivity contribution < 1.29 is 8.42 Å². The molecule has 4 nitrogen and oxygen atoms in total. The maximum atomic E-state index is 11.1. The minimum Gasteiger partial charge on any atom is -0.360 e. The summed E-state index contributed by atoms with van der Waals surface area (Å²) in [6, 6.07) is 7.18. The Labute approximate surface area is 124 Å². The molecule has 1 aromatic carbocycles. The molecule has 0 aliphatic heterocycles. The fourth-order valence-electron chi connectivity index (χ4n) is 1.42. The van der Waals surface area contributed by atoms with Crippen molar-refractivity contribution >= 4 is 44.5 Å². The molecule has 0 aliphatic rings. The molecule has 0 radical (unpaired) electrons. The molecule has 106 valence electrons. The van der Waals surface area contributed by atoms with Gasteiger partial charge >= 0.3 is 0 Å². The molecule has 1 rings (SSSR count). The van der Waals surface area contributed by atoms with E-state index in [1.54, 1.807) is 12.1 Å². The lowest BCUT2D eigenvalue weighted by Gasteiger charge is -2.16. The number of halogens is 1. The molecule has 1 atom stereocenters. The van der Waals surface area contributed by atoms with Crippen LogP contribution in [0, 0.1) is 0 Å². The summed E-state index contributed by atoms with van der Waals surface area (Å²) in [5, 5.41) is 7.10. The smallest absolute Gasteiger partial charge is 0.170 e. The molecule has 0 unspecified atom stereocenters. The summed E-state index contributed by atoms with van der Waals surface area (Å²) in [7, 11) is -2.94. The van der Waals surface area contributed by atoms with Gasteiger partial charge < -0.3 is 10.6 Å². The summed E-state index contributed by atoms with van der Waals surface area (Å²) in [6.45, 7) is 1.89. The second-order valence-electron chi connectivity index (χ2n) is 4.43. The first-order valence-electron chi connectivity index (χ1n) is 5.77. The lowest BCUT2D eigenvalue weighted by atomic mass is 10.3. The van der Waals surface area contributed by atoms with Crippen LogP contribution in [0.4, 0.5) is 5.69 Å². The third-order valence-electron chi connectivity index (χ3n) is 2.38. The molecule has 0 spiro atoms. The van der Waals surface area contributed by atoms with Crippen LogP contribution in [0.25, 0.3) is 0 Å². The molecule has 0 bridgehead atoms. The van der Waals surface area contributed by atoms with E-state index in [4.69, 9.17) is 23.8 Å². The lowest BCUT2D eigenvalue weighted by molar-refractivity contribution is 0.585. The zero-order chi connectivity index (χ0) is 14.5. The molecule has 0 aromatic heterocycles. The van der Waals surface area contributed by atoms with Crippen molar-refractivity contribution in [3.05, 3.63) is 29.3 Å². The van der Waals surface area contributed by atoms with Crippen molar-refractivity contribution in [1.82, 2.24) is 5.32 Å². The summed E-state index contributed by atoms with van der Waals surface area (Å²) >= 11 is 11.0. The Hall–Kier alpha value is -0.850. The average Bonchev–Trinajstić information content (AvgIpc) is 2.25. The molecule has 0 amide bonds. The monoisotopic (exact) mass is 320 g/mol. The number of thiocarbonyl (C=S) groups is 1. The Balaban J connectivity index is 2.43. The summed E-state index contributed by atoms with van der Waals surface area (Å²) in [5.74, 6) is 0.140. The van der Waals surface area contributed by atoms with Crippen LogP contribution in [0.3, 0.4) is 0 Å². The summed E-state index contributed by atoms with van der Waals surface area (Å²) in [5.41, 5.74) is 0.792. The van der Waals surface area contributed by atoms with Crippen molar-refractivity contribution in [2.75, 3.05) is 17.3 Å². The van der Waals surface area contributed by atoms with Gasteiger partial charge in [-0.3, -0.25) is 0 Å². The van der Waals surface area contributed by atoms with E-state index in [2.05, 4.69) is 10.6 Å². The first-order valence-corrected chi connectivity index (χ1v) is 8.62. The van der Waals surface area contributed by atoms with Crippen LogP contribution in [-0.2, 0) is 9.84 Å². The second kappa shape index (κ2) is 7.07. The topological polar surface area (TPSA) is 58.2 Å². The van der Waals surface area contributed by atoms with Gasteiger partial charge in [0.15, 0.2) is 5.11 Å². The molecular formula is C12H17ClN2O2S2. The van der Waals surface area contributed by atoms with Gasteiger partial charge in [-0.05, 0) is 43.8 Å². The molecule has 7 heteroatoms. The molecule has 0 saturated heterocycles. The Morgan fingerprint density at radius 1 is 1.47 bits per heavy atom. The van der Waals surface area contributed by atoms with E-state index in [-0.39, 0.29) is 11.8 Å². The highest BCUT2D eigenvalue weighted by Gasteiger charge is 2.09. The summed E-state index contributed by atoms with van der Waals surface area (Å²) < 4.78 is 22.1. The van der Waals surface area contributed by atoms with Crippen LogP contribution < -0.4 is 10.6 Å². The van der Waals surface area contributed by atoms with Gasteiger partial charge in [-0.25, -0.2) is 8.42 Å². The highest BCUT2D eigenvalue weighted by molar-refractivity contribution is 7.90. The van der Waals surface area contributed by atoms with E-state index in [0.29, 0.717) is 16.6 Å². The number of rotatable bonds is 5. The number of anilines is 1. The van der Waals surface area contributed by atoms with Crippen LogP contribution in [-0.4, -0.2) is 31.6 Å². The maximum absolute atomic E-state index is 11.1. The van der Waals surface area contributed by atoms with Gasteiger partial charge in [0.1, 0.15) is 9.84 Å². The van der Waals surface area contributed by atoms with Gasteiger partial charge in [0.2, 0.25) is 0 Å². The van der Waals surface area contributed by atoms with E-state index >= 15 is 0 Å². The SMILES string of the molecule is C[C@H](CCS(C)(=O)=O)NC(=S)Nc1cccc(Cl)c1. The van der Waals surface area contributed by atoms with E-state index < -0.39 is 9.84 Å². The predicted octanol–water partition coefficient (Wildman–Crippen LogP) is 2.45. The average molecular weight is 321 g/mol. The van der Waals surface area contributed by atoms with Crippen molar-refractivity contribution in [3.8, 4) is 0 Å². The van der Waals surface area contributed by atoms with Gasteiger partial charge in [-0.2, -0.15) is 0 Å². The molecular weight excluding hydrogens is 304 g/mol. The van der Waals surface area contributed by atoms with Gasteiger partial charge in [-0.1, -0.05) is 17.7 Å². The minimum atomic E-state index is -2.94. The molecule has 1 aromatic rings. The van der Waals surface area contributed by atoms with E-state index in [9.17, 15) is 8.42 Å². The zero-order valence-corrected chi connectivity index (χ0v) is 13.2. The third-order valence-corrected chi connectivity index (χ3v) is 3.81. The van der Waals surface area contributed by atoms with E-state index in [1.807, 2.05) is 19.1 Å². The Morgan fingerprint density at radius 2 is 2.16 bits per heavy atom. The standard InChI is InChI=1S/C12H17ClN2O2S2/c1-9(6-7-19(2,16)17)14-12(18)15-11-5-3-4-10(13)8-11/h3-5,8-9H,6-7H2,1-2H3,(H2,14,15,18)/t9-/m1/s1. The van der Waals surface area contributed by atoms with Crippen molar-refractivity contribution in [3.63, 3.8) is 0 Å². The van der Waals surface area contributed by atoms with Crippen LogP contribution >= 0.6 is 23.8 Å². The first kappa shape index (κ1) is 16.2. The van der Waals surface area contributed by atoms with Crippen LogP contribution in [0.2, 0.25) is 5.02 Å². The first-order chi connectivity index (χ1) is 8.76. The van der Waals surface area contributed by atoms with Gasteiger partial charge in [0.25, 0.3) is 0 Å². The predicted molar refractivity (Wildman–Crippen MR) is 84.6 cm³/mol. The van der Waals surface area contributed by atoms with Gasteiger partial charge in [0, 0.05) is 23.0 Å². The fraction of sp³-hybridized carbons (Fsp3) is 0.417. The van der Waals surface area contributed by atoms with Gasteiger partial charge in [-0.15, -0.1) is 0 Å². The largest absolute Gasteiger partial charge is 0.360 e. The molecule has 0 saturated carbocycles. The van der Waals surface area contributed by atoms with E-state index in [1.165, 1.54) is 6.26 Å².